The second-order valence-corrected chi connectivity index (χ2v) is 9.02. The summed E-state index contributed by atoms with van der Waals surface area (Å²) >= 11 is 0. The van der Waals surface area contributed by atoms with Crippen LogP contribution >= 0.6 is 0 Å². The number of anilines is 2. The Labute approximate surface area is 211 Å². The minimum atomic E-state index is 0.542. The summed E-state index contributed by atoms with van der Waals surface area (Å²) in [6.07, 6.45) is 6.75. The molecule has 5 aromatic rings. The molecule has 0 spiro atoms. The molecule has 36 heavy (non-hydrogen) atoms. The van der Waals surface area contributed by atoms with Gasteiger partial charge in [-0.1, -0.05) is 36.4 Å². The Balaban J connectivity index is 1.24. The van der Waals surface area contributed by atoms with Gasteiger partial charge in [-0.15, -0.1) is 0 Å². The molecule has 2 heterocycles. The van der Waals surface area contributed by atoms with E-state index in [1.807, 2.05) is 67.3 Å². The molecule has 7 nitrogen and oxygen atoms in total. The number of rotatable bonds is 10. The molecular formula is C29H30N6O. The topological polar surface area (TPSA) is 68.1 Å². The largest absolute Gasteiger partial charge is 0.489 e. The molecule has 0 aliphatic heterocycles. The minimum absolute atomic E-state index is 0.542. The Bertz CT molecular complexity index is 1410. The molecular weight excluding hydrogens is 448 g/mol. The maximum atomic E-state index is 5.87. The maximum Gasteiger partial charge on any atom is 0.227 e. The van der Waals surface area contributed by atoms with Gasteiger partial charge in [-0.25, -0.2) is 15.0 Å². The lowest BCUT2D eigenvalue weighted by molar-refractivity contribution is 0.306. The monoisotopic (exact) mass is 478 g/mol. The van der Waals surface area contributed by atoms with E-state index >= 15 is 0 Å². The number of aryl methyl sites for hydroxylation is 1. The first-order valence-electron chi connectivity index (χ1n) is 12.1. The van der Waals surface area contributed by atoms with Crippen LogP contribution in [0.4, 0.5) is 11.6 Å². The van der Waals surface area contributed by atoms with Gasteiger partial charge in [0.05, 0.1) is 23.7 Å². The quantitative estimate of drug-likeness (QED) is 0.275. The van der Waals surface area contributed by atoms with E-state index in [0.29, 0.717) is 12.6 Å². The number of nitrogens with one attached hydrogen (secondary N) is 1. The highest BCUT2D eigenvalue weighted by Crippen LogP contribution is 2.25. The predicted molar refractivity (Wildman–Crippen MR) is 144 cm³/mol. The molecule has 3 aromatic carbocycles. The summed E-state index contributed by atoms with van der Waals surface area (Å²) in [5.74, 6) is 1.37. The Morgan fingerprint density at radius 2 is 1.78 bits per heavy atom. The van der Waals surface area contributed by atoms with Gasteiger partial charge >= 0.3 is 0 Å². The number of hydrogen-bond acceptors (Lipinski definition) is 6. The van der Waals surface area contributed by atoms with Gasteiger partial charge in [0.25, 0.3) is 0 Å². The fourth-order valence-corrected chi connectivity index (χ4v) is 4.05. The number of nitrogens with zero attached hydrogens (tertiary/aromatic N) is 5. The fraction of sp³-hybridized carbons (Fsp3) is 0.207. The predicted octanol–water partition coefficient (Wildman–Crippen LogP) is 5.77. The lowest BCUT2D eigenvalue weighted by Crippen LogP contribution is -2.15. The van der Waals surface area contributed by atoms with Gasteiger partial charge in [-0.3, -0.25) is 0 Å². The molecule has 0 bridgehead atoms. The molecule has 0 aliphatic carbocycles. The highest BCUT2D eigenvalue weighted by Gasteiger charge is 2.08. The van der Waals surface area contributed by atoms with E-state index in [0.717, 1.165) is 58.7 Å². The molecule has 182 valence electrons. The van der Waals surface area contributed by atoms with Crippen LogP contribution in [0.25, 0.3) is 22.2 Å². The standard InChI is InChI=1S/C29H30N6O/c1-34(2)15-6-16-35-21-30-19-28(35)23-9-14-27-24(17-23)18-31-29(33-27)32-25-10-12-26(13-11-25)36-20-22-7-4-3-5-8-22/h3-5,7-14,17-19,21H,6,15-16,20H2,1-2H3,(H,31,32,33). The SMILES string of the molecule is CN(C)CCCn1cncc1-c1ccc2nc(Nc3ccc(OCc4ccccc4)cc3)ncc2c1. The first kappa shape index (κ1) is 23.5. The van der Waals surface area contributed by atoms with Gasteiger partial charge in [0.2, 0.25) is 5.95 Å². The molecule has 0 amide bonds. The molecule has 0 aliphatic rings. The van der Waals surface area contributed by atoms with Gasteiger partial charge in [0, 0.05) is 29.4 Å². The number of fused-ring (bicyclic) bond motifs is 1. The lowest BCUT2D eigenvalue weighted by atomic mass is 10.1. The third-order valence-corrected chi connectivity index (χ3v) is 5.95. The molecule has 0 unspecified atom stereocenters. The van der Waals surface area contributed by atoms with Crippen LogP contribution in [0.2, 0.25) is 0 Å². The summed E-state index contributed by atoms with van der Waals surface area (Å²) in [5, 5.41) is 4.27. The number of aromatic nitrogens is 4. The van der Waals surface area contributed by atoms with Crippen molar-refractivity contribution in [3.63, 3.8) is 0 Å². The fourth-order valence-electron chi connectivity index (χ4n) is 4.05. The van der Waals surface area contributed by atoms with Gasteiger partial charge in [0.1, 0.15) is 12.4 Å². The molecule has 0 saturated carbocycles. The van der Waals surface area contributed by atoms with Crippen molar-refractivity contribution >= 4 is 22.5 Å². The Hall–Kier alpha value is -4.23. The van der Waals surface area contributed by atoms with E-state index in [2.05, 4.69) is 63.1 Å². The van der Waals surface area contributed by atoms with Crippen molar-refractivity contribution in [2.75, 3.05) is 26.0 Å². The Morgan fingerprint density at radius 3 is 2.58 bits per heavy atom. The lowest BCUT2D eigenvalue weighted by Gasteiger charge is -2.12. The molecule has 2 aromatic heterocycles. The summed E-state index contributed by atoms with van der Waals surface area (Å²) in [6.45, 7) is 2.52. The zero-order valence-electron chi connectivity index (χ0n) is 20.6. The van der Waals surface area contributed by atoms with Gasteiger partial charge < -0.3 is 19.5 Å². The third-order valence-electron chi connectivity index (χ3n) is 5.95. The van der Waals surface area contributed by atoms with E-state index in [-0.39, 0.29) is 0 Å². The first-order valence-corrected chi connectivity index (χ1v) is 12.1. The first-order chi connectivity index (χ1) is 17.6. The average Bonchev–Trinajstić information content (AvgIpc) is 3.37. The van der Waals surface area contributed by atoms with Crippen molar-refractivity contribution in [1.82, 2.24) is 24.4 Å². The zero-order valence-corrected chi connectivity index (χ0v) is 20.6. The molecule has 7 heteroatoms. The smallest absolute Gasteiger partial charge is 0.227 e. The minimum Gasteiger partial charge on any atom is -0.489 e. The summed E-state index contributed by atoms with van der Waals surface area (Å²) in [6, 6.07) is 24.2. The molecule has 0 atom stereocenters. The summed E-state index contributed by atoms with van der Waals surface area (Å²) in [4.78, 5) is 15.8. The van der Waals surface area contributed by atoms with Gasteiger partial charge in [-0.2, -0.15) is 0 Å². The van der Waals surface area contributed by atoms with Gasteiger partial charge in [-0.05, 0) is 69.0 Å². The Morgan fingerprint density at radius 1 is 0.944 bits per heavy atom. The number of imidazole rings is 1. The van der Waals surface area contributed by atoms with Crippen LogP contribution in [-0.2, 0) is 13.2 Å². The van der Waals surface area contributed by atoms with Gasteiger partial charge in [0.15, 0.2) is 0 Å². The van der Waals surface area contributed by atoms with E-state index in [1.165, 1.54) is 0 Å². The van der Waals surface area contributed by atoms with Crippen LogP contribution in [0, 0.1) is 0 Å². The second-order valence-electron chi connectivity index (χ2n) is 9.02. The molecule has 1 N–H and O–H groups in total. The van der Waals surface area contributed by atoms with Crippen LogP contribution < -0.4 is 10.1 Å². The summed E-state index contributed by atoms with van der Waals surface area (Å²) in [5.41, 5.74) is 5.14. The van der Waals surface area contributed by atoms with E-state index in [1.54, 1.807) is 0 Å². The molecule has 0 saturated heterocycles. The van der Waals surface area contributed by atoms with Crippen molar-refractivity contribution in [2.24, 2.45) is 0 Å². The van der Waals surface area contributed by atoms with E-state index < -0.39 is 0 Å². The van der Waals surface area contributed by atoms with Crippen LogP contribution in [0.1, 0.15) is 12.0 Å². The number of benzene rings is 3. The van der Waals surface area contributed by atoms with Crippen LogP contribution in [0.15, 0.2) is 91.5 Å². The normalized spacial score (nSPS) is 11.2. The molecule has 0 radical (unpaired) electrons. The second kappa shape index (κ2) is 11.0. The molecule has 0 fully saturated rings. The van der Waals surface area contributed by atoms with Crippen molar-refractivity contribution in [2.45, 2.75) is 19.6 Å². The van der Waals surface area contributed by atoms with Crippen molar-refractivity contribution in [1.29, 1.82) is 0 Å². The molecule has 5 rings (SSSR count). The van der Waals surface area contributed by atoms with Crippen LogP contribution in [0.3, 0.4) is 0 Å². The van der Waals surface area contributed by atoms with Crippen LogP contribution in [-0.4, -0.2) is 45.1 Å². The number of hydrogen-bond donors (Lipinski definition) is 1. The number of ether oxygens (including phenoxy) is 1. The highest BCUT2D eigenvalue weighted by molar-refractivity contribution is 5.84. The van der Waals surface area contributed by atoms with Crippen LogP contribution in [0.5, 0.6) is 5.75 Å². The Kier molecular flexibility index (Phi) is 7.19. The average molecular weight is 479 g/mol. The van der Waals surface area contributed by atoms with Crippen molar-refractivity contribution in [3.05, 3.63) is 97.1 Å². The summed E-state index contributed by atoms with van der Waals surface area (Å²) in [7, 11) is 4.19. The van der Waals surface area contributed by atoms with E-state index in [4.69, 9.17) is 9.72 Å². The third kappa shape index (κ3) is 5.87. The zero-order chi connectivity index (χ0) is 24.7. The summed E-state index contributed by atoms with van der Waals surface area (Å²) < 4.78 is 8.07. The highest BCUT2D eigenvalue weighted by atomic mass is 16.5. The van der Waals surface area contributed by atoms with E-state index in [9.17, 15) is 0 Å². The van der Waals surface area contributed by atoms with Crippen molar-refractivity contribution in [3.8, 4) is 17.0 Å². The van der Waals surface area contributed by atoms with Crippen molar-refractivity contribution < 1.29 is 4.74 Å². The maximum absolute atomic E-state index is 5.87.